The molecule has 0 N–H and O–H groups in total. The molecule has 0 bridgehead atoms. The lowest BCUT2D eigenvalue weighted by atomic mass is 10.0. The van der Waals surface area contributed by atoms with Crippen LogP contribution in [0.5, 0.6) is 0 Å². The van der Waals surface area contributed by atoms with Crippen molar-refractivity contribution in [1.29, 1.82) is 0 Å². The molecule has 0 radical (unpaired) electrons. The fourth-order valence-corrected chi connectivity index (χ4v) is 2.52. The normalized spacial score (nSPS) is 28.1. The lowest BCUT2D eigenvalue weighted by molar-refractivity contribution is -0.153. The lowest BCUT2D eigenvalue weighted by Gasteiger charge is -2.16. The first-order valence-corrected chi connectivity index (χ1v) is 6.34. The number of carbonyl (C=O) groups is 1. The van der Waals surface area contributed by atoms with Crippen LogP contribution in [-0.2, 0) is 19.0 Å². The number of hydrogen-bond donors (Lipinski definition) is 0. The topological polar surface area (TPSA) is 44.8 Å². The largest absolute Gasteiger partial charge is 0.467 e. The van der Waals surface area contributed by atoms with Gasteiger partial charge >= 0.3 is 5.97 Å². The van der Waals surface area contributed by atoms with Gasteiger partial charge in [-0.3, -0.25) is 0 Å². The molecule has 3 atom stereocenters. The predicted octanol–water partition coefficient (Wildman–Crippen LogP) is 2.27. The number of halogens is 1. The van der Waals surface area contributed by atoms with Crippen molar-refractivity contribution < 1.29 is 19.0 Å². The monoisotopic (exact) mass is 348 g/mol. The third kappa shape index (κ3) is 2.61. The summed E-state index contributed by atoms with van der Waals surface area (Å²) in [5.41, 5.74) is 0.952. The fraction of sp³-hybridized carbons (Fsp3) is 0.417. The van der Waals surface area contributed by atoms with Crippen LogP contribution >= 0.6 is 22.6 Å². The van der Waals surface area contributed by atoms with Crippen molar-refractivity contribution in [3.63, 3.8) is 0 Å². The summed E-state index contributed by atoms with van der Waals surface area (Å²) in [5, 5.41) is 0. The summed E-state index contributed by atoms with van der Waals surface area (Å²) < 4.78 is 16.8. The van der Waals surface area contributed by atoms with Crippen LogP contribution < -0.4 is 0 Å². The van der Waals surface area contributed by atoms with Gasteiger partial charge in [0, 0.05) is 3.57 Å². The molecule has 1 aliphatic heterocycles. The number of ether oxygens (including phenoxy) is 3. The summed E-state index contributed by atoms with van der Waals surface area (Å²) in [6.07, 6.45) is -1.49. The molecule has 0 unspecified atom stereocenters. The molecule has 5 heteroatoms. The van der Waals surface area contributed by atoms with Gasteiger partial charge in [0.2, 0.25) is 0 Å². The first kappa shape index (κ1) is 12.8. The van der Waals surface area contributed by atoms with Crippen LogP contribution in [0.2, 0.25) is 0 Å². The summed E-state index contributed by atoms with van der Waals surface area (Å²) in [6, 6.07) is 7.76. The molecular formula is C12H13IO4. The van der Waals surface area contributed by atoms with E-state index in [0.29, 0.717) is 0 Å². The van der Waals surface area contributed by atoms with E-state index in [9.17, 15) is 4.79 Å². The van der Waals surface area contributed by atoms with Gasteiger partial charge in [-0.15, -0.1) is 0 Å². The zero-order valence-electron chi connectivity index (χ0n) is 9.55. The van der Waals surface area contributed by atoms with E-state index < -0.39 is 24.5 Å². The molecule has 0 saturated carbocycles. The van der Waals surface area contributed by atoms with Gasteiger partial charge in [-0.05, 0) is 41.1 Å². The van der Waals surface area contributed by atoms with Crippen LogP contribution in [0.1, 0.15) is 18.6 Å². The van der Waals surface area contributed by atoms with E-state index in [1.165, 1.54) is 7.11 Å². The summed E-state index contributed by atoms with van der Waals surface area (Å²) in [6.45, 7) is 1.77. The van der Waals surface area contributed by atoms with Crippen LogP contribution in [0.3, 0.4) is 0 Å². The third-order valence-corrected chi connectivity index (χ3v) is 3.58. The Hall–Kier alpha value is -0.660. The molecular weight excluding hydrogens is 335 g/mol. The molecule has 1 heterocycles. The highest BCUT2D eigenvalue weighted by atomic mass is 127. The van der Waals surface area contributed by atoms with E-state index in [1.54, 1.807) is 6.92 Å². The van der Waals surface area contributed by atoms with Crippen LogP contribution in [0.25, 0.3) is 0 Å². The number of rotatable bonds is 2. The van der Waals surface area contributed by atoms with Gasteiger partial charge in [0.15, 0.2) is 12.4 Å². The van der Waals surface area contributed by atoms with Gasteiger partial charge < -0.3 is 14.2 Å². The highest BCUT2D eigenvalue weighted by Crippen LogP contribution is 2.35. The summed E-state index contributed by atoms with van der Waals surface area (Å²) in [4.78, 5) is 11.6. The van der Waals surface area contributed by atoms with Gasteiger partial charge in [0.05, 0.1) is 7.11 Å². The van der Waals surface area contributed by atoms with Crippen LogP contribution in [0, 0.1) is 3.57 Å². The zero-order valence-corrected chi connectivity index (χ0v) is 11.7. The van der Waals surface area contributed by atoms with E-state index in [-0.39, 0.29) is 0 Å². The summed E-state index contributed by atoms with van der Waals surface area (Å²) >= 11 is 2.21. The minimum absolute atomic E-state index is 0.398. The third-order valence-electron chi connectivity index (χ3n) is 2.60. The molecule has 0 amide bonds. The number of esters is 1. The van der Waals surface area contributed by atoms with Crippen LogP contribution in [0.15, 0.2) is 24.3 Å². The molecule has 17 heavy (non-hydrogen) atoms. The summed E-state index contributed by atoms with van der Waals surface area (Å²) in [7, 11) is 1.35. The van der Waals surface area contributed by atoms with E-state index in [4.69, 9.17) is 14.2 Å². The second kappa shape index (κ2) is 5.32. The molecule has 1 fully saturated rings. The van der Waals surface area contributed by atoms with Crippen molar-refractivity contribution in [3.05, 3.63) is 33.4 Å². The van der Waals surface area contributed by atoms with E-state index in [0.717, 1.165) is 9.13 Å². The molecule has 0 aliphatic carbocycles. The molecule has 0 spiro atoms. The average Bonchev–Trinajstić information content (AvgIpc) is 2.71. The Labute approximate surface area is 113 Å². The Kier molecular flexibility index (Phi) is 4.01. The molecule has 92 valence electrons. The Morgan fingerprint density at radius 3 is 2.71 bits per heavy atom. The SMILES string of the molecule is COC(=O)[C@H]1O[C@@H](C)O[C@H]1c1ccccc1I. The van der Waals surface area contributed by atoms with Gasteiger partial charge in [0.25, 0.3) is 0 Å². The second-order valence-electron chi connectivity index (χ2n) is 3.73. The highest BCUT2D eigenvalue weighted by molar-refractivity contribution is 14.1. The maximum Gasteiger partial charge on any atom is 0.338 e. The number of benzene rings is 1. The molecule has 2 rings (SSSR count). The minimum atomic E-state index is -0.689. The second-order valence-corrected chi connectivity index (χ2v) is 4.89. The Morgan fingerprint density at radius 1 is 1.35 bits per heavy atom. The highest BCUT2D eigenvalue weighted by Gasteiger charge is 2.41. The van der Waals surface area contributed by atoms with Gasteiger partial charge in [0.1, 0.15) is 6.10 Å². The van der Waals surface area contributed by atoms with Crippen molar-refractivity contribution in [2.24, 2.45) is 0 Å². The minimum Gasteiger partial charge on any atom is -0.467 e. The fourth-order valence-electron chi connectivity index (χ4n) is 1.83. The van der Waals surface area contributed by atoms with Crippen molar-refractivity contribution in [3.8, 4) is 0 Å². The number of carbonyl (C=O) groups excluding carboxylic acids is 1. The lowest BCUT2D eigenvalue weighted by Crippen LogP contribution is -2.27. The molecule has 4 nitrogen and oxygen atoms in total. The van der Waals surface area contributed by atoms with Gasteiger partial charge in [-0.2, -0.15) is 0 Å². The van der Waals surface area contributed by atoms with Gasteiger partial charge in [-0.25, -0.2) is 4.79 Å². The maximum atomic E-state index is 11.6. The van der Waals surface area contributed by atoms with Crippen molar-refractivity contribution in [2.75, 3.05) is 7.11 Å². The number of methoxy groups -OCH3 is 1. The van der Waals surface area contributed by atoms with E-state index in [2.05, 4.69) is 22.6 Å². The van der Waals surface area contributed by atoms with Crippen molar-refractivity contribution in [2.45, 2.75) is 25.4 Å². The first-order valence-electron chi connectivity index (χ1n) is 5.26. The molecule has 1 aliphatic rings. The van der Waals surface area contributed by atoms with Crippen molar-refractivity contribution >= 4 is 28.6 Å². The number of hydrogen-bond acceptors (Lipinski definition) is 4. The van der Waals surface area contributed by atoms with Crippen molar-refractivity contribution in [1.82, 2.24) is 0 Å². The van der Waals surface area contributed by atoms with E-state index in [1.807, 2.05) is 24.3 Å². The molecule has 1 aromatic rings. The maximum absolute atomic E-state index is 11.6. The van der Waals surface area contributed by atoms with Crippen LogP contribution in [-0.4, -0.2) is 25.5 Å². The Morgan fingerprint density at radius 2 is 2.06 bits per heavy atom. The smallest absolute Gasteiger partial charge is 0.338 e. The standard InChI is InChI=1S/C12H13IO4/c1-7-16-10(11(17-7)12(14)15-2)8-5-3-4-6-9(8)13/h3-7,10-11H,1-2H3/t7-,10-,11-/m0/s1. The predicted molar refractivity (Wildman–Crippen MR) is 69.3 cm³/mol. The average molecular weight is 348 g/mol. The summed E-state index contributed by atoms with van der Waals surface area (Å²) in [5.74, 6) is -0.404. The Bertz CT molecular complexity index is 421. The molecule has 1 saturated heterocycles. The molecule has 1 aromatic carbocycles. The van der Waals surface area contributed by atoms with Crippen LogP contribution in [0.4, 0.5) is 0 Å². The van der Waals surface area contributed by atoms with Gasteiger partial charge in [-0.1, -0.05) is 18.2 Å². The zero-order chi connectivity index (χ0) is 12.4. The Balaban J connectivity index is 2.30. The quantitative estimate of drug-likeness (QED) is 0.608. The van der Waals surface area contributed by atoms with E-state index >= 15 is 0 Å². The molecule has 0 aromatic heterocycles. The first-order chi connectivity index (χ1) is 8.13.